The van der Waals surface area contributed by atoms with Crippen LogP contribution in [-0.2, 0) is 11.2 Å². The zero-order valence-electron chi connectivity index (χ0n) is 14.2. The number of hydrogen-bond donors (Lipinski definition) is 1. The molecule has 2 aromatic heterocycles. The summed E-state index contributed by atoms with van der Waals surface area (Å²) in [6, 6.07) is 11.6. The highest BCUT2D eigenvalue weighted by atomic mass is 16.5. The molecule has 1 aromatic carbocycles. The number of carbonyl (C=O) groups is 1. The summed E-state index contributed by atoms with van der Waals surface area (Å²) in [6.07, 6.45) is 3.00. The van der Waals surface area contributed by atoms with Crippen LogP contribution in [0, 0.1) is 13.8 Å². The molecule has 2 heterocycles. The topological polar surface area (TPSA) is 55.6 Å². The molecule has 0 saturated carbocycles. The highest BCUT2D eigenvalue weighted by molar-refractivity contribution is 5.92. The smallest absolute Gasteiger partial charge is 0.224 e. The number of amides is 1. The van der Waals surface area contributed by atoms with Gasteiger partial charge in [-0.3, -0.25) is 4.79 Å². The largest absolute Gasteiger partial charge is 0.495 e. The van der Waals surface area contributed by atoms with E-state index in [-0.39, 0.29) is 5.91 Å². The second-order valence-electron chi connectivity index (χ2n) is 5.82. The molecule has 0 spiro atoms. The molecule has 124 valence electrons. The van der Waals surface area contributed by atoms with Gasteiger partial charge in [-0.05, 0) is 50.1 Å². The van der Waals surface area contributed by atoms with Crippen molar-refractivity contribution < 1.29 is 9.53 Å². The number of aryl methyl sites for hydroxylation is 3. The van der Waals surface area contributed by atoms with Gasteiger partial charge in [-0.15, -0.1) is 0 Å². The zero-order chi connectivity index (χ0) is 17.1. The van der Waals surface area contributed by atoms with Crippen molar-refractivity contribution >= 4 is 17.2 Å². The van der Waals surface area contributed by atoms with E-state index in [9.17, 15) is 4.79 Å². The standard InChI is InChI=1S/C19H21N3O2/c1-13-7-9-17(24-3)15(12-13)21-19(23)10-8-16-14(2)20-18-6-4-5-11-22(16)18/h4-7,9,11-12H,8,10H2,1-3H3,(H,21,23). The second-order valence-corrected chi connectivity index (χ2v) is 5.82. The van der Waals surface area contributed by atoms with E-state index in [4.69, 9.17) is 4.74 Å². The fraction of sp³-hybridized carbons (Fsp3) is 0.263. The van der Waals surface area contributed by atoms with Gasteiger partial charge in [0, 0.05) is 18.3 Å². The van der Waals surface area contributed by atoms with Crippen LogP contribution < -0.4 is 10.1 Å². The van der Waals surface area contributed by atoms with Gasteiger partial charge in [0.05, 0.1) is 18.5 Å². The Balaban J connectivity index is 1.72. The molecule has 3 rings (SSSR count). The van der Waals surface area contributed by atoms with E-state index in [1.807, 2.05) is 60.8 Å². The van der Waals surface area contributed by atoms with E-state index < -0.39 is 0 Å². The van der Waals surface area contributed by atoms with Crippen LogP contribution in [0.4, 0.5) is 5.69 Å². The van der Waals surface area contributed by atoms with Gasteiger partial charge in [0.25, 0.3) is 0 Å². The summed E-state index contributed by atoms with van der Waals surface area (Å²) < 4.78 is 7.34. The van der Waals surface area contributed by atoms with Crippen molar-refractivity contribution in [1.29, 1.82) is 0 Å². The Morgan fingerprint density at radius 3 is 2.88 bits per heavy atom. The van der Waals surface area contributed by atoms with Crippen LogP contribution in [-0.4, -0.2) is 22.4 Å². The van der Waals surface area contributed by atoms with Crippen LogP contribution >= 0.6 is 0 Å². The third-order valence-corrected chi connectivity index (χ3v) is 4.05. The number of ether oxygens (including phenoxy) is 1. The minimum atomic E-state index is -0.0378. The molecule has 0 atom stereocenters. The number of anilines is 1. The normalized spacial score (nSPS) is 10.8. The summed E-state index contributed by atoms with van der Waals surface area (Å²) in [5, 5.41) is 2.94. The highest BCUT2D eigenvalue weighted by Crippen LogP contribution is 2.25. The van der Waals surface area contributed by atoms with Gasteiger partial charge in [0.1, 0.15) is 11.4 Å². The van der Waals surface area contributed by atoms with Crippen molar-refractivity contribution in [3.63, 3.8) is 0 Å². The summed E-state index contributed by atoms with van der Waals surface area (Å²) in [6.45, 7) is 3.96. The van der Waals surface area contributed by atoms with E-state index in [0.717, 1.165) is 22.6 Å². The molecule has 0 bridgehead atoms. The Kier molecular flexibility index (Phi) is 4.51. The van der Waals surface area contributed by atoms with Gasteiger partial charge in [0.15, 0.2) is 0 Å². The SMILES string of the molecule is COc1ccc(C)cc1NC(=O)CCc1c(C)nc2ccccn12. The summed E-state index contributed by atoms with van der Waals surface area (Å²) in [4.78, 5) is 16.9. The molecule has 0 aliphatic heterocycles. The highest BCUT2D eigenvalue weighted by Gasteiger charge is 2.12. The zero-order valence-corrected chi connectivity index (χ0v) is 14.2. The third-order valence-electron chi connectivity index (χ3n) is 4.05. The molecule has 1 N–H and O–H groups in total. The van der Waals surface area contributed by atoms with E-state index in [1.165, 1.54) is 0 Å². The fourth-order valence-electron chi connectivity index (χ4n) is 2.83. The lowest BCUT2D eigenvalue weighted by Crippen LogP contribution is -2.14. The maximum absolute atomic E-state index is 12.3. The predicted octanol–water partition coefficient (Wildman–Crippen LogP) is 3.53. The van der Waals surface area contributed by atoms with Crippen molar-refractivity contribution in [3.05, 3.63) is 59.5 Å². The van der Waals surface area contributed by atoms with Gasteiger partial charge >= 0.3 is 0 Å². The average Bonchev–Trinajstić information content (AvgIpc) is 2.88. The van der Waals surface area contributed by atoms with Crippen LogP contribution in [0.3, 0.4) is 0 Å². The Hall–Kier alpha value is -2.82. The molecule has 3 aromatic rings. The lowest BCUT2D eigenvalue weighted by atomic mass is 10.1. The van der Waals surface area contributed by atoms with Gasteiger partial charge in [-0.25, -0.2) is 4.98 Å². The van der Waals surface area contributed by atoms with E-state index in [0.29, 0.717) is 24.3 Å². The third kappa shape index (κ3) is 3.25. The van der Waals surface area contributed by atoms with Crippen LogP contribution in [0.15, 0.2) is 42.6 Å². The summed E-state index contributed by atoms with van der Waals surface area (Å²) in [5.74, 6) is 0.629. The number of aromatic nitrogens is 2. The van der Waals surface area contributed by atoms with Gasteiger partial charge < -0.3 is 14.5 Å². The average molecular weight is 323 g/mol. The quantitative estimate of drug-likeness (QED) is 0.781. The van der Waals surface area contributed by atoms with Crippen molar-refractivity contribution in [2.45, 2.75) is 26.7 Å². The van der Waals surface area contributed by atoms with Crippen LogP contribution in [0.25, 0.3) is 5.65 Å². The molecule has 0 aliphatic rings. The lowest BCUT2D eigenvalue weighted by molar-refractivity contribution is -0.116. The molecule has 0 aliphatic carbocycles. The first-order valence-corrected chi connectivity index (χ1v) is 7.95. The number of benzene rings is 1. The number of hydrogen-bond acceptors (Lipinski definition) is 3. The molecule has 0 fully saturated rings. The molecule has 1 amide bonds. The van der Waals surface area contributed by atoms with Gasteiger partial charge in [-0.2, -0.15) is 0 Å². The molecular formula is C19H21N3O2. The number of imidazole rings is 1. The van der Waals surface area contributed by atoms with Crippen LogP contribution in [0.5, 0.6) is 5.75 Å². The second kappa shape index (κ2) is 6.74. The first-order valence-electron chi connectivity index (χ1n) is 7.95. The lowest BCUT2D eigenvalue weighted by Gasteiger charge is -2.11. The summed E-state index contributed by atoms with van der Waals surface area (Å²) >= 11 is 0. The molecule has 5 heteroatoms. The number of rotatable bonds is 5. The fourth-order valence-corrected chi connectivity index (χ4v) is 2.83. The Morgan fingerprint density at radius 2 is 2.08 bits per heavy atom. The molecule has 5 nitrogen and oxygen atoms in total. The summed E-state index contributed by atoms with van der Waals surface area (Å²) in [5.41, 5.74) is 4.71. The predicted molar refractivity (Wildman–Crippen MR) is 94.6 cm³/mol. The van der Waals surface area contributed by atoms with Crippen molar-refractivity contribution in [2.75, 3.05) is 12.4 Å². The number of pyridine rings is 1. The number of nitrogens with zero attached hydrogens (tertiary/aromatic N) is 2. The van der Waals surface area contributed by atoms with E-state index in [1.54, 1.807) is 7.11 Å². The Labute approximate surface area is 141 Å². The minimum absolute atomic E-state index is 0.0378. The van der Waals surface area contributed by atoms with E-state index in [2.05, 4.69) is 10.3 Å². The first kappa shape index (κ1) is 16.1. The van der Waals surface area contributed by atoms with Crippen molar-refractivity contribution in [1.82, 2.24) is 9.38 Å². The maximum atomic E-state index is 12.3. The first-order chi connectivity index (χ1) is 11.6. The van der Waals surface area contributed by atoms with E-state index >= 15 is 0 Å². The molecule has 0 radical (unpaired) electrons. The molecule has 24 heavy (non-hydrogen) atoms. The number of nitrogens with one attached hydrogen (secondary N) is 1. The molecule has 0 saturated heterocycles. The van der Waals surface area contributed by atoms with Crippen LogP contribution in [0.2, 0.25) is 0 Å². The van der Waals surface area contributed by atoms with Gasteiger partial charge in [0.2, 0.25) is 5.91 Å². The summed E-state index contributed by atoms with van der Waals surface area (Å²) in [7, 11) is 1.60. The van der Waals surface area contributed by atoms with Crippen molar-refractivity contribution in [3.8, 4) is 5.75 Å². The Morgan fingerprint density at radius 1 is 1.25 bits per heavy atom. The maximum Gasteiger partial charge on any atom is 0.224 e. The Bertz CT molecular complexity index is 883. The van der Waals surface area contributed by atoms with Crippen LogP contribution in [0.1, 0.15) is 23.4 Å². The van der Waals surface area contributed by atoms with Crippen molar-refractivity contribution in [2.24, 2.45) is 0 Å². The molecular weight excluding hydrogens is 302 g/mol. The number of methoxy groups -OCH3 is 1. The molecule has 0 unspecified atom stereocenters. The number of fused-ring (bicyclic) bond motifs is 1. The minimum Gasteiger partial charge on any atom is -0.495 e. The monoisotopic (exact) mass is 323 g/mol. The van der Waals surface area contributed by atoms with Gasteiger partial charge in [-0.1, -0.05) is 12.1 Å². The number of carbonyl (C=O) groups excluding carboxylic acids is 1.